The van der Waals surface area contributed by atoms with Crippen LogP contribution in [0.1, 0.15) is 57.1 Å². The van der Waals surface area contributed by atoms with Crippen molar-refractivity contribution in [2.75, 3.05) is 40.3 Å². The molecule has 0 aromatic heterocycles. The molecule has 0 spiro atoms. The van der Waals surface area contributed by atoms with Gasteiger partial charge in [-0.05, 0) is 36.5 Å². The molecule has 0 heterocycles. The van der Waals surface area contributed by atoms with E-state index in [1.807, 2.05) is 0 Å². The van der Waals surface area contributed by atoms with Crippen LogP contribution in [0.5, 0.6) is 5.75 Å². The highest BCUT2D eigenvalue weighted by Gasteiger charge is 2.19. The summed E-state index contributed by atoms with van der Waals surface area (Å²) in [6.07, 6.45) is 3.08. The van der Waals surface area contributed by atoms with Gasteiger partial charge in [0.25, 0.3) is 5.91 Å². The van der Waals surface area contributed by atoms with Crippen LogP contribution in [-0.4, -0.2) is 50.7 Å². The Labute approximate surface area is 154 Å². The maximum Gasteiger partial charge on any atom is 0.275 e. The third-order valence-electron chi connectivity index (χ3n) is 4.38. The van der Waals surface area contributed by atoms with Crippen LogP contribution in [0.3, 0.4) is 0 Å². The number of carbonyl (C=O) groups excluding carboxylic acids is 1. The monoisotopic (exact) mass is 349 g/mol. The first kappa shape index (κ1) is 21.5. The maximum absolute atomic E-state index is 12.0. The van der Waals surface area contributed by atoms with Gasteiger partial charge in [0.15, 0.2) is 6.54 Å². The van der Waals surface area contributed by atoms with E-state index in [1.54, 1.807) is 0 Å². The lowest BCUT2D eigenvalue weighted by Crippen LogP contribution is -2.48. The Hall–Kier alpha value is -1.55. The molecule has 0 saturated heterocycles. The molecule has 4 nitrogen and oxygen atoms in total. The molecule has 0 aliphatic carbocycles. The third kappa shape index (κ3) is 8.39. The maximum atomic E-state index is 12.0. The van der Waals surface area contributed by atoms with Gasteiger partial charge in [-0.15, -0.1) is 0 Å². The van der Waals surface area contributed by atoms with Gasteiger partial charge in [-0.25, -0.2) is 0 Å². The van der Waals surface area contributed by atoms with E-state index in [2.05, 4.69) is 65.3 Å². The Morgan fingerprint density at radius 3 is 2.60 bits per heavy atom. The van der Waals surface area contributed by atoms with Gasteiger partial charge in [-0.1, -0.05) is 39.3 Å². The minimum absolute atomic E-state index is 0.139. The summed E-state index contributed by atoms with van der Waals surface area (Å²) >= 11 is 0. The minimum Gasteiger partial charge on any atom is -0.493 e. The normalized spacial score (nSPS) is 11.6. The predicted molar refractivity (Wildman–Crippen MR) is 105 cm³/mol. The highest BCUT2D eigenvalue weighted by molar-refractivity contribution is 5.76. The zero-order valence-corrected chi connectivity index (χ0v) is 17.0. The summed E-state index contributed by atoms with van der Waals surface area (Å²) in [5.41, 5.74) is 2.48. The van der Waals surface area contributed by atoms with Crippen molar-refractivity contribution in [1.29, 1.82) is 0 Å². The Morgan fingerprint density at radius 1 is 1.24 bits per heavy atom. The van der Waals surface area contributed by atoms with Crippen LogP contribution >= 0.6 is 0 Å². The van der Waals surface area contributed by atoms with Gasteiger partial charge < -0.3 is 14.5 Å². The van der Waals surface area contributed by atoms with Crippen LogP contribution in [0.4, 0.5) is 0 Å². The molecule has 1 aromatic carbocycles. The number of nitrogens with one attached hydrogen (secondary N) is 1. The molecule has 4 heteroatoms. The fourth-order valence-electron chi connectivity index (χ4n) is 2.85. The summed E-state index contributed by atoms with van der Waals surface area (Å²) in [6.45, 7) is 11.5. The first-order valence-corrected chi connectivity index (χ1v) is 9.57. The molecule has 1 amide bonds. The summed E-state index contributed by atoms with van der Waals surface area (Å²) in [4.78, 5) is 12.0. The lowest BCUT2D eigenvalue weighted by atomic mass is 10.0. The number of amides is 1. The Kier molecular flexibility index (Phi) is 8.98. The summed E-state index contributed by atoms with van der Waals surface area (Å²) in [6, 6.07) is 6.42. The van der Waals surface area contributed by atoms with Gasteiger partial charge in [0.1, 0.15) is 5.75 Å². The van der Waals surface area contributed by atoms with Crippen LogP contribution in [0.15, 0.2) is 18.2 Å². The number of aryl methyl sites for hydroxylation is 1. The van der Waals surface area contributed by atoms with Crippen LogP contribution in [0.25, 0.3) is 0 Å². The molecule has 0 atom stereocenters. The molecule has 0 fully saturated rings. The number of rotatable bonds is 11. The highest BCUT2D eigenvalue weighted by Crippen LogP contribution is 2.27. The third-order valence-corrected chi connectivity index (χ3v) is 4.38. The number of nitrogens with zero attached hydrogens (tertiary/aromatic N) is 1. The molecule has 1 rings (SSSR count). The molecule has 0 aliphatic rings. The van der Waals surface area contributed by atoms with Gasteiger partial charge in [0.05, 0.1) is 27.2 Å². The van der Waals surface area contributed by atoms with Gasteiger partial charge in [0, 0.05) is 13.0 Å². The SMILES string of the molecule is CCCCNC(=O)C[N+](C)(C)CCCOc1cc(C)ccc1C(C)C. The first-order chi connectivity index (χ1) is 11.7. The van der Waals surface area contributed by atoms with Crippen molar-refractivity contribution >= 4 is 5.91 Å². The largest absolute Gasteiger partial charge is 0.493 e. The number of quaternary nitrogens is 1. The van der Waals surface area contributed by atoms with Gasteiger partial charge in [-0.2, -0.15) is 0 Å². The van der Waals surface area contributed by atoms with Crippen molar-refractivity contribution < 1.29 is 14.0 Å². The second-order valence-electron chi connectivity index (χ2n) is 7.92. The predicted octanol–water partition coefficient (Wildman–Crippen LogP) is 3.88. The van der Waals surface area contributed by atoms with Crippen molar-refractivity contribution in [3.8, 4) is 5.75 Å². The Balaban J connectivity index is 2.41. The molecule has 1 aromatic rings. The lowest BCUT2D eigenvalue weighted by Gasteiger charge is -2.29. The lowest BCUT2D eigenvalue weighted by molar-refractivity contribution is -0.882. The minimum atomic E-state index is 0.139. The van der Waals surface area contributed by atoms with Crippen molar-refractivity contribution in [1.82, 2.24) is 5.32 Å². The molecule has 142 valence electrons. The van der Waals surface area contributed by atoms with Crippen LogP contribution < -0.4 is 10.1 Å². The summed E-state index contributed by atoms with van der Waals surface area (Å²) in [5, 5.41) is 3.00. The van der Waals surface area contributed by atoms with E-state index in [1.165, 1.54) is 11.1 Å². The summed E-state index contributed by atoms with van der Waals surface area (Å²) in [5.74, 6) is 1.59. The molecule has 0 unspecified atom stereocenters. The van der Waals surface area contributed by atoms with Crippen molar-refractivity contribution in [2.45, 2.75) is 52.9 Å². The zero-order valence-electron chi connectivity index (χ0n) is 17.0. The first-order valence-electron chi connectivity index (χ1n) is 9.57. The van der Waals surface area contributed by atoms with E-state index < -0.39 is 0 Å². The molecule has 25 heavy (non-hydrogen) atoms. The van der Waals surface area contributed by atoms with E-state index in [9.17, 15) is 4.79 Å². The van der Waals surface area contributed by atoms with Crippen molar-refractivity contribution in [2.24, 2.45) is 0 Å². The van der Waals surface area contributed by atoms with Gasteiger partial charge in [0.2, 0.25) is 0 Å². The van der Waals surface area contributed by atoms with E-state index in [4.69, 9.17) is 4.74 Å². The van der Waals surface area contributed by atoms with E-state index >= 15 is 0 Å². The fourth-order valence-corrected chi connectivity index (χ4v) is 2.85. The number of carbonyl (C=O) groups is 1. The van der Waals surface area contributed by atoms with Crippen LogP contribution in [-0.2, 0) is 4.79 Å². The van der Waals surface area contributed by atoms with Gasteiger partial charge >= 0.3 is 0 Å². The van der Waals surface area contributed by atoms with Crippen LogP contribution in [0.2, 0.25) is 0 Å². The fraction of sp³-hybridized carbons (Fsp3) is 0.667. The van der Waals surface area contributed by atoms with E-state index in [0.29, 0.717) is 23.6 Å². The Morgan fingerprint density at radius 2 is 1.96 bits per heavy atom. The Bertz CT molecular complexity index is 539. The van der Waals surface area contributed by atoms with Crippen molar-refractivity contribution in [3.05, 3.63) is 29.3 Å². The second kappa shape index (κ2) is 10.4. The average Bonchev–Trinajstić information content (AvgIpc) is 2.51. The molecule has 0 bridgehead atoms. The smallest absolute Gasteiger partial charge is 0.275 e. The van der Waals surface area contributed by atoms with Crippen molar-refractivity contribution in [3.63, 3.8) is 0 Å². The topological polar surface area (TPSA) is 38.3 Å². The summed E-state index contributed by atoms with van der Waals surface area (Å²) < 4.78 is 6.74. The zero-order chi connectivity index (χ0) is 18.9. The number of unbranched alkanes of at least 4 members (excludes halogenated alkanes) is 1. The summed E-state index contributed by atoms with van der Waals surface area (Å²) in [7, 11) is 4.21. The van der Waals surface area contributed by atoms with E-state index in [-0.39, 0.29) is 5.91 Å². The standard InChI is InChI=1S/C21H36N2O2/c1-7-8-12-22-21(24)16-23(5,6)13-9-14-25-20-15-18(4)10-11-19(20)17(2)3/h10-11,15,17H,7-9,12-14,16H2,1-6H3/p+1. The molecular formula is C21H37N2O2+. The average molecular weight is 350 g/mol. The molecular weight excluding hydrogens is 312 g/mol. The molecule has 1 N–H and O–H groups in total. The van der Waals surface area contributed by atoms with Gasteiger partial charge in [-0.3, -0.25) is 4.79 Å². The number of ether oxygens (including phenoxy) is 1. The number of likely N-dealkylation sites (N-methyl/N-ethyl adjacent to an activating group) is 1. The molecule has 0 radical (unpaired) electrons. The number of hydrogen-bond donors (Lipinski definition) is 1. The highest BCUT2D eigenvalue weighted by atomic mass is 16.5. The molecule has 0 aliphatic heterocycles. The number of hydrogen-bond acceptors (Lipinski definition) is 2. The number of benzene rings is 1. The second-order valence-corrected chi connectivity index (χ2v) is 7.92. The molecule has 0 saturated carbocycles. The van der Waals surface area contributed by atoms with E-state index in [0.717, 1.165) is 38.1 Å². The van der Waals surface area contributed by atoms with Crippen LogP contribution in [0, 0.1) is 6.92 Å². The quantitative estimate of drug-likeness (QED) is 0.486.